The smallest absolute Gasteiger partial charge is 0.338 e. The fraction of sp³-hybridized carbons (Fsp3) is 0.235. The number of rotatable bonds is 5. The second kappa shape index (κ2) is 6.79. The quantitative estimate of drug-likeness (QED) is 0.676. The van der Waals surface area contributed by atoms with Gasteiger partial charge in [-0.1, -0.05) is 24.3 Å². The molecule has 0 bridgehead atoms. The Bertz CT molecular complexity index is 638. The summed E-state index contributed by atoms with van der Waals surface area (Å²) in [4.78, 5) is 11.6. The van der Waals surface area contributed by atoms with Crippen molar-refractivity contribution in [2.45, 2.75) is 20.5 Å². The van der Waals surface area contributed by atoms with Gasteiger partial charge in [-0.3, -0.25) is 0 Å². The fourth-order valence-electron chi connectivity index (χ4n) is 1.95. The zero-order chi connectivity index (χ0) is 15.2. The number of benzene rings is 2. The number of ether oxygens (including phenoxy) is 2. The molecule has 0 heterocycles. The minimum Gasteiger partial charge on any atom is -0.487 e. The molecule has 2 rings (SSSR count). The monoisotopic (exact) mass is 285 g/mol. The summed E-state index contributed by atoms with van der Waals surface area (Å²) in [6, 6.07) is 12.9. The third kappa shape index (κ3) is 3.75. The zero-order valence-electron chi connectivity index (χ0n) is 12.3. The maximum Gasteiger partial charge on any atom is 0.338 e. The number of aryl methyl sites for hydroxylation is 1. The van der Waals surface area contributed by atoms with Crippen LogP contribution >= 0.6 is 0 Å². The van der Waals surface area contributed by atoms with Crippen molar-refractivity contribution < 1.29 is 14.3 Å². The lowest BCUT2D eigenvalue weighted by Gasteiger charge is -2.11. The molecule has 0 aliphatic rings. The Morgan fingerprint density at radius 1 is 1.19 bits per heavy atom. The van der Waals surface area contributed by atoms with Crippen molar-refractivity contribution >= 4 is 11.7 Å². The van der Waals surface area contributed by atoms with Crippen LogP contribution in [0, 0.1) is 6.92 Å². The number of esters is 1. The lowest BCUT2D eigenvalue weighted by Crippen LogP contribution is -2.06. The third-order valence-corrected chi connectivity index (χ3v) is 3.17. The average Bonchev–Trinajstić information content (AvgIpc) is 2.47. The van der Waals surface area contributed by atoms with E-state index in [2.05, 4.69) is 0 Å². The highest BCUT2D eigenvalue weighted by molar-refractivity contribution is 5.91. The van der Waals surface area contributed by atoms with E-state index in [0.717, 1.165) is 5.56 Å². The fourth-order valence-corrected chi connectivity index (χ4v) is 1.95. The summed E-state index contributed by atoms with van der Waals surface area (Å²) in [6.45, 7) is 4.58. The van der Waals surface area contributed by atoms with Crippen molar-refractivity contribution in [1.29, 1.82) is 0 Å². The number of carbonyl (C=O) groups excluding carboxylic acids is 1. The molecule has 4 nitrogen and oxygen atoms in total. The lowest BCUT2D eigenvalue weighted by atomic mass is 10.1. The SMILES string of the molecule is CCOC(=O)c1ccc(OCc2ccccc2C)c(N)c1. The number of anilines is 1. The van der Waals surface area contributed by atoms with Gasteiger partial charge in [-0.2, -0.15) is 0 Å². The first-order chi connectivity index (χ1) is 10.1. The summed E-state index contributed by atoms with van der Waals surface area (Å²) >= 11 is 0. The Kier molecular flexibility index (Phi) is 4.82. The Morgan fingerprint density at radius 3 is 2.62 bits per heavy atom. The van der Waals surface area contributed by atoms with Crippen LogP contribution in [0.15, 0.2) is 42.5 Å². The Labute approximate surface area is 124 Å². The van der Waals surface area contributed by atoms with E-state index in [9.17, 15) is 4.79 Å². The van der Waals surface area contributed by atoms with E-state index in [4.69, 9.17) is 15.2 Å². The van der Waals surface area contributed by atoms with Crippen molar-refractivity contribution in [1.82, 2.24) is 0 Å². The van der Waals surface area contributed by atoms with Gasteiger partial charge in [-0.05, 0) is 43.2 Å². The number of nitrogens with two attached hydrogens (primary N) is 1. The van der Waals surface area contributed by atoms with Crippen molar-refractivity contribution in [2.75, 3.05) is 12.3 Å². The summed E-state index contributed by atoms with van der Waals surface area (Å²) in [6.07, 6.45) is 0. The second-order valence-corrected chi connectivity index (χ2v) is 4.69. The number of hydrogen-bond acceptors (Lipinski definition) is 4. The van der Waals surface area contributed by atoms with Crippen LogP contribution in [0.1, 0.15) is 28.4 Å². The molecule has 4 heteroatoms. The van der Waals surface area contributed by atoms with Crippen molar-refractivity contribution in [3.05, 3.63) is 59.2 Å². The van der Waals surface area contributed by atoms with Crippen molar-refractivity contribution in [3.63, 3.8) is 0 Å². The molecule has 0 aliphatic heterocycles. The maximum atomic E-state index is 11.6. The van der Waals surface area contributed by atoms with Gasteiger partial charge in [0.25, 0.3) is 0 Å². The van der Waals surface area contributed by atoms with Crippen LogP contribution in [-0.2, 0) is 11.3 Å². The van der Waals surface area contributed by atoms with Gasteiger partial charge >= 0.3 is 5.97 Å². The largest absolute Gasteiger partial charge is 0.487 e. The van der Waals surface area contributed by atoms with E-state index < -0.39 is 0 Å². The third-order valence-electron chi connectivity index (χ3n) is 3.17. The van der Waals surface area contributed by atoms with Crippen LogP contribution in [0.5, 0.6) is 5.75 Å². The maximum absolute atomic E-state index is 11.6. The molecule has 0 saturated carbocycles. The Balaban J connectivity index is 2.08. The highest BCUT2D eigenvalue weighted by atomic mass is 16.5. The predicted octanol–water partition coefficient (Wildman–Crippen LogP) is 3.33. The van der Waals surface area contributed by atoms with Crippen LogP contribution in [0.4, 0.5) is 5.69 Å². The molecule has 21 heavy (non-hydrogen) atoms. The van der Waals surface area contributed by atoms with Crippen LogP contribution in [0.25, 0.3) is 0 Å². The van der Waals surface area contributed by atoms with Crippen LogP contribution in [0.3, 0.4) is 0 Å². The Hall–Kier alpha value is -2.49. The molecule has 110 valence electrons. The van der Waals surface area contributed by atoms with Gasteiger partial charge in [-0.15, -0.1) is 0 Å². The van der Waals surface area contributed by atoms with Gasteiger partial charge in [-0.25, -0.2) is 4.79 Å². The Morgan fingerprint density at radius 2 is 1.95 bits per heavy atom. The zero-order valence-corrected chi connectivity index (χ0v) is 12.3. The molecule has 2 aromatic rings. The molecule has 0 aromatic heterocycles. The molecule has 0 amide bonds. The van der Waals surface area contributed by atoms with Gasteiger partial charge in [0.2, 0.25) is 0 Å². The first kappa shape index (κ1) is 14.9. The average molecular weight is 285 g/mol. The van der Waals surface area contributed by atoms with Crippen LogP contribution in [-0.4, -0.2) is 12.6 Å². The van der Waals surface area contributed by atoms with Gasteiger partial charge in [0, 0.05) is 0 Å². The molecule has 2 aromatic carbocycles. The molecule has 0 aliphatic carbocycles. The predicted molar refractivity (Wildman–Crippen MR) is 82.3 cm³/mol. The van der Waals surface area contributed by atoms with Gasteiger partial charge in [0.05, 0.1) is 17.9 Å². The van der Waals surface area contributed by atoms with E-state index in [1.807, 2.05) is 31.2 Å². The topological polar surface area (TPSA) is 61.5 Å². The van der Waals surface area contributed by atoms with Crippen LogP contribution < -0.4 is 10.5 Å². The molecule has 0 fully saturated rings. The van der Waals surface area contributed by atoms with E-state index >= 15 is 0 Å². The lowest BCUT2D eigenvalue weighted by molar-refractivity contribution is 0.0526. The highest BCUT2D eigenvalue weighted by Gasteiger charge is 2.10. The summed E-state index contributed by atoms with van der Waals surface area (Å²) < 4.78 is 10.7. The summed E-state index contributed by atoms with van der Waals surface area (Å²) in [5, 5.41) is 0. The second-order valence-electron chi connectivity index (χ2n) is 4.69. The summed E-state index contributed by atoms with van der Waals surface area (Å²) in [5.41, 5.74) is 9.05. The highest BCUT2D eigenvalue weighted by Crippen LogP contribution is 2.24. The first-order valence-corrected chi connectivity index (χ1v) is 6.85. The minimum absolute atomic E-state index is 0.338. The van der Waals surface area contributed by atoms with Crippen molar-refractivity contribution in [3.8, 4) is 5.75 Å². The van der Waals surface area contributed by atoms with Crippen molar-refractivity contribution in [2.24, 2.45) is 0 Å². The standard InChI is InChI=1S/C17H19NO3/c1-3-20-17(19)13-8-9-16(15(18)10-13)21-11-14-7-5-4-6-12(14)2/h4-10H,3,11,18H2,1-2H3. The van der Waals surface area contributed by atoms with E-state index in [0.29, 0.717) is 30.2 Å². The summed E-state index contributed by atoms with van der Waals surface area (Å²) in [5.74, 6) is 0.181. The molecule has 0 saturated heterocycles. The van der Waals surface area contributed by atoms with Gasteiger partial charge in [0.1, 0.15) is 12.4 Å². The molecule has 2 N–H and O–H groups in total. The number of carbonyl (C=O) groups is 1. The van der Waals surface area contributed by atoms with E-state index in [-0.39, 0.29) is 5.97 Å². The molecule has 0 atom stereocenters. The molecule has 0 unspecified atom stereocenters. The number of nitrogen functional groups attached to an aromatic ring is 1. The van der Waals surface area contributed by atoms with E-state index in [1.54, 1.807) is 25.1 Å². The van der Waals surface area contributed by atoms with Gasteiger partial charge < -0.3 is 15.2 Å². The molecule has 0 radical (unpaired) electrons. The molecule has 0 spiro atoms. The van der Waals surface area contributed by atoms with Gasteiger partial charge in [0.15, 0.2) is 0 Å². The molecular formula is C17H19NO3. The summed E-state index contributed by atoms with van der Waals surface area (Å²) in [7, 11) is 0. The minimum atomic E-state index is -0.380. The first-order valence-electron chi connectivity index (χ1n) is 6.85. The molecular weight excluding hydrogens is 266 g/mol. The van der Waals surface area contributed by atoms with E-state index in [1.165, 1.54) is 5.56 Å². The normalized spacial score (nSPS) is 10.2. The van der Waals surface area contributed by atoms with Crippen LogP contribution in [0.2, 0.25) is 0 Å². The number of hydrogen-bond donors (Lipinski definition) is 1.